The third-order valence-corrected chi connectivity index (χ3v) is 5.02. The Morgan fingerprint density at radius 2 is 2.15 bits per heavy atom. The number of thiocarbonyl (C=S) groups is 1. The summed E-state index contributed by atoms with van der Waals surface area (Å²) in [6.45, 7) is 1.69. The van der Waals surface area contributed by atoms with Gasteiger partial charge in [-0.3, -0.25) is 9.78 Å². The lowest BCUT2D eigenvalue weighted by Crippen LogP contribution is -2.17. The van der Waals surface area contributed by atoms with Gasteiger partial charge in [0.1, 0.15) is 15.9 Å². The SMILES string of the molecule is Cc1cc(C#Cc2cncc3cc(C=C4SC(=S)NC4=O)oc23)ccc1F. The van der Waals surface area contributed by atoms with E-state index in [0.29, 0.717) is 37.3 Å². The van der Waals surface area contributed by atoms with Crippen molar-refractivity contribution in [1.29, 1.82) is 0 Å². The average Bonchev–Trinajstić information content (AvgIpc) is 3.18. The van der Waals surface area contributed by atoms with E-state index >= 15 is 0 Å². The van der Waals surface area contributed by atoms with Gasteiger partial charge in [-0.2, -0.15) is 0 Å². The molecule has 3 aromatic rings. The van der Waals surface area contributed by atoms with Gasteiger partial charge in [-0.25, -0.2) is 4.39 Å². The number of aromatic nitrogens is 1. The second-order valence-electron chi connectivity index (χ2n) is 5.82. The molecule has 0 unspecified atom stereocenters. The molecular formula is C20H11FN2O2S2. The quantitative estimate of drug-likeness (QED) is 0.382. The maximum atomic E-state index is 13.4. The van der Waals surface area contributed by atoms with Gasteiger partial charge in [0.25, 0.3) is 5.91 Å². The summed E-state index contributed by atoms with van der Waals surface area (Å²) in [7, 11) is 0. The number of carbonyl (C=O) groups is 1. The molecule has 27 heavy (non-hydrogen) atoms. The molecule has 0 spiro atoms. The van der Waals surface area contributed by atoms with Crippen molar-refractivity contribution >= 4 is 51.3 Å². The highest BCUT2D eigenvalue weighted by atomic mass is 32.2. The Morgan fingerprint density at radius 3 is 2.89 bits per heavy atom. The fraction of sp³-hybridized carbons (Fsp3) is 0.0500. The summed E-state index contributed by atoms with van der Waals surface area (Å²) in [6, 6.07) is 6.49. The van der Waals surface area contributed by atoms with Crippen LogP contribution in [0.2, 0.25) is 0 Å². The van der Waals surface area contributed by atoms with Crippen molar-refractivity contribution in [3.05, 3.63) is 69.8 Å². The number of pyridine rings is 1. The zero-order valence-electron chi connectivity index (χ0n) is 14.0. The minimum Gasteiger partial charge on any atom is -0.455 e. The maximum Gasteiger partial charge on any atom is 0.263 e. The highest BCUT2D eigenvalue weighted by molar-refractivity contribution is 8.26. The Labute approximate surface area is 163 Å². The molecule has 132 valence electrons. The normalized spacial score (nSPS) is 15.1. The van der Waals surface area contributed by atoms with Crippen LogP contribution >= 0.6 is 24.0 Å². The van der Waals surface area contributed by atoms with Gasteiger partial charge in [-0.05, 0) is 36.8 Å². The minimum atomic E-state index is -0.263. The summed E-state index contributed by atoms with van der Waals surface area (Å²) in [5.74, 6) is 6.03. The first-order valence-corrected chi connectivity index (χ1v) is 9.12. The van der Waals surface area contributed by atoms with Crippen LogP contribution in [0.3, 0.4) is 0 Å². The van der Waals surface area contributed by atoms with E-state index in [1.165, 1.54) is 17.8 Å². The molecule has 0 atom stereocenters. The first kappa shape index (κ1) is 17.5. The molecule has 0 radical (unpaired) electrons. The van der Waals surface area contributed by atoms with E-state index in [1.807, 2.05) is 0 Å². The van der Waals surface area contributed by atoms with Crippen LogP contribution in [0.1, 0.15) is 22.5 Å². The lowest BCUT2D eigenvalue weighted by atomic mass is 10.1. The van der Waals surface area contributed by atoms with Crippen molar-refractivity contribution in [2.75, 3.05) is 0 Å². The lowest BCUT2D eigenvalue weighted by molar-refractivity contribution is -0.115. The molecule has 4 nitrogen and oxygen atoms in total. The van der Waals surface area contributed by atoms with E-state index in [-0.39, 0.29) is 11.7 Å². The molecule has 3 heterocycles. The highest BCUT2D eigenvalue weighted by Crippen LogP contribution is 2.29. The van der Waals surface area contributed by atoms with E-state index in [0.717, 1.165) is 5.39 Å². The zero-order chi connectivity index (χ0) is 19.0. The molecule has 1 fully saturated rings. The number of carbonyl (C=O) groups excluding carboxylic acids is 1. The van der Waals surface area contributed by atoms with Gasteiger partial charge in [-0.1, -0.05) is 35.8 Å². The number of hydrogen-bond donors (Lipinski definition) is 1. The molecule has 0 bridgehead atoms. The van der Waals surface area contributed by atoms with Crippen molar-refractivity contribution in [1.82, 2.24) is 10.3 Å². The summed E-state index contributed by atoms with van der Waals surface area (Å²) in [5.41, 5.74) is 2.43. The van der Waals surface area contributed by atoms with Crippen LogP contribution < -0.4 is 5.32 Å². The lowest BCUT2D eigenvalue weighted by Gasteiger charge is -1.96. The zero-order valence-corrected chi connectivity index (χ0v) is 15.6. The van der Waals surface area contributed by atoms with E-state index in [4.69, 9.17) is 16.6 Å². The molecule has 4 rings (SSSR count). The number of thioether (sulfide) groups is 1. The van der Waals surface area contributed by atoms with Crippen molar-refractivity contribution in [2.24, 2.45) is 0 Å². The van der Waals surface area contributed by atoms with Crippen LogP contribution in [0.15, 0.2) is 46.0 Å². The summed E-state index contributed by atoms with van der Waals surface area (Å²) in [4.78, 5) is 16.4. The molecule has 1 aliphatic rings. The van der Waals surface area contributed by atoms with Crippen LogP contribution in [-0.4, -0.2) is 15.2 Å². The van der Waals surface area contributed by atoms with E-state index < -0.39 is 0 Å². The van der Waals surface area contributed by atoms with Gasteiger partial charge in [0, 0.05) is 29.4 Å². The molecule has 1 N–H and O–H groups in total. The van der Waals surface area contributed by atoms with Crippen LogP contribution in [0, 0.1) is 24.6 Å². The monoisotopic (exact) mass is 394 g/mol. The Bertz CT molecular complexity index is 1200. The van der Waals surface area contributed by atoms with E-state index in [2.05, 4.69) is 22.1 Å². The van der Waals surface area contributed by atoms with Gasteiger partial charge in [0.2, 0.25) is 0 Å². The molecule has 1 aromatic carbocycles. The van der Waals surface area contributed by atoms with Crippen LogP contribution in [-0.2, 0) is 4.79 Å². The topological polar surface area (TPSA) is 55.1 Å². The van der Waals surface area contributed by atoms with Crippen LogP contribution in [0.4, 0.5) is 4.39 Å². The van der Waals surface area contributed by atoms with E-state index in [1.54, 1.807) is 43.6 Å². The Hall–Kier alpha value is -2.95. The van der Waals surface area contributed by atoms with Crippen molar-refractivity contribution in [2.45, 2.75) is 6.92 Å². The smallest absolute Gasteiger partial charge is 0.263 e. The molecule has 1 amide bonds. The third-order valence-electron chi connectivity index (χ3n) is 3.86. The Kier molecular flexibility index (Phi) is 4.52. The summed E-state index contributed by atoms with van der Waals surface area (Å²) < 4.78 is 19.7. The number of nitrogens with zero attached hydrogens (tertiary/aromatic N) is 1. The van der Waals surface area contributed by atoms with Crippen molar-refractivity contribution < 1.29 is 13.6 Å². The Balaban J connectivity index is 1.71. The van der Waals surface area contributed by atoms with Crippen LogP contribution in [0.25, 0.3) is 17.0 Å². The van der Waals surface area contributed by atoms with Crippen molar-refractivity contribution in [3.8, 4) is 11.8 Å². The van der Waals surface area contributed by atoms with Gasteiger partial charge >= 0.3 is 0 Å². The second kappa shape index (κ2) is 6.99. The standard InChI is InChI=1S/C20H11FN2O2S2/c1-11-6-12(3-5-16(11)21)2-4-13-9-22-10-14-7-15(25-18(13)14)8-17-19(24)23-20(26)27-17/h3,5-10H,1H3,(H,23,24,26). The predicted molar refractivity (Wildman–Crippen MR) is 107 cm³/mol. The average molecular weight is 394 g/mol. The van der Waals surface area contributed by atoms with Gasteiger partial charge in [0.05, 0.1) is 10.5 Å². The number of rotatable bonds is 1. The number of furan rings is 1. The van der Waals surface area contributed by atoms with Gasteiger partial charge in [-0.15, -0.1) is 0 Å². The van der Waals surface area contributed by atoms with Crippen LogP contribution in [0.5, 0.6) is 0 Å². The molecular weight excluding hydrogens is 383 g/mol. The number of fused-ring (bicyclic) bond motifs is 1. The number of benzene rings is 1. The minimum absolute atomic E-state index is 0.240. The number of aryl methyl sites for hydroxylation is 1. The second-order valence-corrected chi connectivity index (χ2v) is 7.54. The van der Waals surface area contributed by atoms with Crippen molar-refractivity contribution in [3.63, 3.8) is 0 Å². The number of amides is 1. The fourth-order valence-corrected chi connectivity index (χ4v) is 3.58. The summed E-state index contributed by atoms with van der Waals surface area (Å²) in [5, 5.41) is 3.34. The molecule has 0 saturated carbocycles. The third kappa shape index (κ3) is 3.63. The highest BCUT2D eigenvalue weighted by Gasteiger charge is 2.22. The van der Waals surface area contributed by atoms with E-state index in [9.17, 15) is 9.18 Å². The van der Waals surface area contributed by atoms with Gasteiger partial charge < -0.3 is 9.73 Å². The molecule has 2 aromatic heterocycles. The predicted octanol–water partition coefficient (Wildman–Crippen LogP) is 4.16. The summed E-state index contributed by atoms with van der Waals surface area (Å²) in [6.07, 6.45) is 4.92. The molecule has 0 aliphatic carbocycles. The van der Waals surface area contributed by atoms with Gasteiger partial charge in [0.15, 0.2) is 5.58 Å². The Morgan fingerprint density at radius 1 is 1.30 bits per heavy atom. The summed E-state index contributed by atoms with van der Waals surface area (Å²) >= 11 is 6.17. The largest absolute Gasteiger partial charge is 0.455 e. The molecule has 7 heteroatoms. The first-order chi connectivity index (χ1) is 13.0. The number of halogens is 1. The molecule has 1 aliphatic heterocycles. The maximum absolute atomic E-state index is 13.4. The fourth-order valence-electron chi connectivity index (χ4n) is 2.55. The number of hydrogen-bond acceptors (Lipinski definition) is 5. The molecule has 1 saturated heterocycles. The first-order valence-electron chi connectivity index (χ1n) is 7.90. The number of nitrogens with one attached hydrogen (secondary N) is 1.